The highest BCUT2D eigenvalue weighted by molar-refractivity contribution is 7.90. The maximum atomic E-state index is 11.9. The number of benzene rings is 2. The third kappa shape index (κ3) is 4.97. The van der Waals surface area contributed by atoms with Crippen molar-refractivity contribution in [3.8, 4) is 0 Å². The summed E-state index contributed by atoms with van der Waals surface area (Å²) in [5, 5.41) is 6.31. The lowest BCUT2D eigenvalue weighted by molar-refractivity contribution is -0.114. The minimum absolute atomic E-state index is 0.0784. The number of amides is 1. The molecule has 2 aromatic rings. The topological polar surface area (TPSA) is 75.3 Å². The highest BCUT2D eigenvalue weighted by Gasteiger charge is 2.08. The zero-order valence-corrected chi connectivity index (χ0v) is 14.3. The Hall–Kier alpha value is -2.05. The predicted molar refractivity (Wildman–Crippen MR) is 92.9 cm³/mol. The van der Waals surface area contributed by atoms with Gasteiger partial charge >= 0.3 is 0 Å². The molecule has 0 aromatic heterocycles. The number of nitrogens with one attached hydrogen (secondary N) is 2. The summed E-state index contributed by atoms with van der Waals surface area (Å²) in [6, 6.07) is 11.4. The van der Waals surface area contributed by atoms with E-state index in [4.69, 9.17) is 11.6 Å². The number of rotatable bonds is 5. The lowest BCUT2D eigenvalue weighted by atomic mass is 10.2. The molecule has 0 atom stereocenters. The number of carbonyl (C=O) groups is 1. The first-order valence-corrected chi connectivity index (χ1v) is 9.12. The van der Waals surface area contributed by atoms with Gasteiger partial charge in [0, 0.05) is 22.7 Å². The van der Waals surface area contributed by atoms with E-state index in [1.807, 2.05) is 13.0 Å². The smallest absolute Gasteiger partial charge is 0.243 e. The van der Waals surface area contributed by atoms with Gasteiger partial charge in [-0.3, -0.25) is 4.79 Å². The second kappa shape index (κ2) is 7.02. The molecule has 0 fully saturated rings. The Morgan fingerprint density at radius 1 is 1.13 bits per heavy atom. The second-order valence-corrected chi connectivity index (χ2v) is 7.61. The fourth-order valence-electron chi connectivity index (χ4n) is 1.95. The molecular weight excluding hydrogens is 336 g/mol. The number of hydrogen-bond donors (Lipinski definition) is 2. The van der Waals surface area contributed by atoms with Crippen LogP contribution in [0.1, 0.15) is 5.56 Å². The molecule has 0 unspecified atom stereocenters. The van der Waals surface area contributed by atoms with Gasteiger partial charge < -0.3 is 10.6 Å². The Balaban J connectivity index is 1.96. The van der Waals surface area contributed by atoms with Crippen molar-refractivity contribution in [2.75, 3.05) is 23.4 Å². The number of hydrogen-bond acceptors (Lipinski definition) is 4. The van der Waals surface area contributed by atoms with E-state index < -0.39 is 9.84 Å². The van der Waals surface area contributed by atoms with E-state index in [1.54, 1.807) is 24.3 Å². The molecule has 122 valence electrons. The van der Waals surface area contributed by atoms with Gasteiger partial charge in [0.2, 0.25) is 5.91 Å². The normalized spacial score (nSPS) is 11.1. The molecule has 0 aliphatic heterocycles. The number of aryl methyl sites for hydroxylation is 1. The van der Waals surface area contributed by atoms with E-state index in [-0.39, 0.29) is 17.3 Å². The van der Waals surface area contributed by atoms with Crippen LogP contribution in [-0.4, -0.2) is 27.1 Å². The van der Waals surface area contributed by atoms with Gasteiger partial charge in [0.15, 0.2) is 9.84 Å². The van der Waals surface area contributed by atoms with E-state index >= 15 is 0 Å². The average molecular weight is 353 g/mol. The number of sulfone groups is 1. The van der Waals surface area contributed by atoms with Crippen LogP contribution in [0, 0.1) is 6.92 Å². The lowest BCUT2D eigenvalue weighted by Crippen LogP contribution is -2.22. The molecule has 0 radical (unpaired) electrons. The molecule has 0 heterocycles. The van der Waals surface area contributed by atoms with Crippen molar-refractivity contribution in [2.24, 2.45) is 0 Å². The first-order valence-electron chi connectivity index (χ1n) is 6.86. The first kappa shape index (κ1) is 17.3. The SMILES string of the molecule is Cc1ccc(Cl)cc1NCC(=O)Nc1ccc(S(C)(=O)=O)cc1. The third-order valence-corrected chi connectivity index (χ3v) is 4.57. The molecule has 0 aliphatic carbocycles. The van der Waals surface area contributed by atoms with Gasteiger partial charge in [-0.15, -0.1) is 0 Å². The fraction of sp³-hybridized carbons (Fsp3) is 0.188. The van der Waals surface area contributed by atoms with Crippen LogP contribution in [0.5, 0.6) is 0 Å². The molecule has 7 heteroatoms. The quantitative estimate of drug-likeness (QED) is 0.867. The highest BCUT2D eigenvalue weighted by atomic mass is 35.5. The van der Waals surface area contributed by atoms with Crippen LogP contribution in [0.15, 0.2) is 47.4 Å². The van der Waals surface area contributed by atoms with Crippen LogP contribution in [0.2, 0.25) is 5.02 Å². The van der Waals surface area contributed by atoms with Crippen molar-refractivity contribution >= 4 is 38.7 Å². The summed E-state index contributed by atoms with van der Waals surface area (Å²) in [5.41, 5.74) is 2.31. The van der Waals surface area contributed by atoms with Crippen LogP contribution >= 0.6 is 11.6 Å². The maximum Gasteiger partial charge on any atom is 0.243 e. The summed E-state index contributed by atoms with van der Waals surface area (Å²) in [7, 11) is -3.24. The number of carbonyl (C=O) groups excluding carboxylic acids is 1. The van der Waals surface area contributed by atoms with Crippen LogP contribution < -0.4 is 10.6 Å². The molecule has 2 rings (SSSR count). The van der Waals surface area contributed by atoms with E-state index in [0.29, 0.717) is 10.7 Å². The van der Waals surface area contributed by atoms with Gasteiger partial charge in [-0.25, -0.2) is 8.42 Å². The summed E-state index contributed by atoms with van der Waals surface area (Å²) in [5.74, 6) is -0.239. The van der Waals surface area contributed by atoms with E-state index in [2.05, 4.69) is 10.6 Å². The van der Waals surface area contributed by atoms with Crippen molar-refractivity contribution in [1.82, 2.24) is 0 Å². The molecule has 1 amide bonds. The number of anilines is 2. The molecule has 0 aliphatic rings. The van der Waals surface area contributed by atoms with E-state index in [1.165, 1.54) is 12.1 Å². The van der Waals surface area contributed by atoms with Crippen molar-refractivity contribution in [2.45, 2.75) is 11.8 Å². The van der Waals surface area contributed by atoms with Gasteiger partial charge in [0.1, 0.15) is 0 Å². The molecular formula is C16H17ClN2O3S. The minimum Gasteiger partial charge on any atom is -0.376 e. The van der Waals surface area contributed by atoms with Gasteiger partial charge in [0.25, 0.3) is 0 Å². The summed E-state index contributed by atoms with van der Waals surface area (Å²) < 4.78 is 22.8. The first-order chi connectivity index (χ1) is 10.8. The van der Waals surface area contributed by atoms with Crippen LogP contribution in [0.4, 0.5) is 11.4 Å². The van der Waals surface area contributed by atoms with Gasteiger partial charge in [-0.05, 0) is 48.9 Å². The molecule has 0 bridgehead atoms. The minimum atomic E-state index is -3.24. The Morgan fingerprint density at radius 3 is 2.39 bits per heavy atom. The van der Waals surface area contributed by atoms with Crippen molar-refractivity contribution in [3.63, 3.8) is 0 Å². The van der Waals surface area contributed by atoms with Crippen molar-refractivity contribution in [1.29, 1.82) is 0 Å². The monoisotopic (exact) mass is 352 g/mol. The van der Waals surface area contributed by atoms with E-state index in [0.717, 1.165) is 17.5 Å². The molecule has 23 heavy (non-hydrogen) atoms. The third-order valence-electron chi connectivity index (χ3n) is 3.21. The molecule has 2 aromatic carbocycles. The Morgan fingerprint density at radius 2 is 1.78 bits per heavy atom. The summed E-state index contributed by atoms with van der Waals surface area (Å²) in [6.07, 6.45) is 1.14. The van der Waals surface area contributed by atoms with Gasteiger partial charge in [0.05, 0.1) is 11.4 Å². The lowest BCUT2D eigenvalue weighted by Gasteiger charge is -2.10. The van der Waals surface area contributed by atoms with Crippen LogP contribution in [0.3, 0.4) is 0 Å². The average Bonchev–Trinajstić information content (AvgIpc) is 2.48. The summed E-state index contributed by atoms with van der Waals surface area (Å²) in [6.45, 7) is 2.00. The van der Waals surface area contributed by atoms with Gasteiger partial charge in [-0.1, -0.05) is 17.7 Å². The summed E-state index contributed by atoms with van der Waals surface area (Å²) in [4.78, 5) is 12.2. The maximum absolute atomic E-state index is 11.9. The standard InChI is InChI=1S/C16H17ClN2O3S/c1-11-3-4-12(17)9-15(11)18-10-16(20)19-13-5-7-14(8-6-13)23(2,21)22/h3-9,18H,10H2,1-2H3,(H,19,20). The highest BCUT2D eigenvalue weighted by Crippen LogP contribution is 2.20. The van der Waals surface area contributed by atoms with Crippen LogP contribution in [-0.2, 0) is 14.6 Å². The van der Waals surface area contributed by atoms with Gasteiger partial charge in [-0.2, -0.15) is 0 Å². The molecule has 2 N–H and O–H groups in total. The van der Waals surface area contributed by atoms with Crippen LogP contribution in [0.25, 0.3) is 0 Å². The molecule has 0 spiro atoms. The van der Waals surface area contributed by atoms with Crippen molar-refractivity contribution in [3.05, 3.63) is 53.1 Å². The number of halogens is 1. The Kier molecular flexibility index (Phi) is 5.28. The Bertz CT molecular complexity index is 818. The summed E-state index contributed by atoms with van der Waals surface area (Å²) >= 11 is 5.92. The molecule has 0 saturated heterocycles. The largest absolute Gasteiger partial charge is 0.376 e. The predicted octanol–water partition coefficient (Wildman–Crippen LogP) is 3.10. The fourth-order valence-corrected chi connectivity index (χ4v) is 2.75. The molecule has 0 saturated carbocycles. The van der Waals surface area contributed by atoms with Crippen molar-refractivity contribution < 1.29 is 13.2 Å². The van der Waals surface area contributed by atoms with E-state index in [9.17, 15) is 13.2 Å². The zero-order valence-electron chi connectivity index (χ0n) is 12.8. The second-order valence-electron chi connectivity index (χ2n) is 5.16. The Labute approximate surface area is 140 Å². The zero-order chi connectivity index (χ0) is 17.0. The molecule has 5 nitrogen and oxygen atoms in total.